The van der Waals surface area contributed by atoms with Gasteiger partial charge in [0.25, 0.3) is 0 Å². The number of thiophene rings is 1. The normalized spacial score (nSPS) is 14.9. The van der Waals surface area contributed by atoms with Crippen LogP contribution >= 0.6 is 22.7 Å². The van der Waals surface area contributed by atoms with Crippen molar-refractivity contribution in [3.05, 3.63) is 53.4 Å². The molecule has 0 saturated carbocycles. The Labute approximate surface area is 165 Å². The van der Waals surface area contributed by atoms with Crippen LogP contribution in [0.4, 0.5) is 10.9 Å². The number of nitrogens with zero attached hydrogens (tertiary/aromatic N) is 5. The van der Waals surface area contributed by atoms with Crippen molar-refractivity contribution in [2.75, 3.05) is 36.0 Å². The van der Waals surface area contributed by atoms with E-state index in [1.165, 1.54) is 15.8 Å². The van der Waals surface area contributed by atoms with Crippen molar-refractivity contribution in [3.8, 4) is 9.88 Å². The summed E-state index contributed by atoms with van der Waals surface area (Å²) in [5, 5.41) is 14.1. The summed E-state index contributed by atoms with van der Waals surface area (Å²) in [5.74, 6) is 1.07. The molecule has 3 aromatic heterocycles. The molecule has 0 atom stereocenters. The lowest BCUT2D eigenvalue weighted by Crippen LogP contribution is -2.46. The number of rotatable bonds is 3. The number of aromatic nitrogens is 3. The van der Waals surface area contributed by atoms with Crippen molar-refractivity contribution >= 4 is 44.5 Å². The van der Waals surface area contributed by atoms with Crippen LogP contribution in [0.25, 0.3) is 20.8 Å². The highest BCUT2D eigenvalue weighted by Crippen LogP contribution is 2.32. The second kappa shape index (κ2) is 6.90. The molecule has 1 fully saturated rings. The zero-order valence-corrected chi connectivity index (χ0v) is 16.6. The second-order valence-electron chi connectivity index (χ2n) is 6.66. The van der Waals surface area contributed by atoms with Crippen LogP contribution in [-0.2, 0) is 0 Å². The molecule has 5 nitrogen and oxygen atoms in total. The first-order valence-electron chi connectivity index (χ1n) is 9.01. The van der Waals surface area contributed by atoms with Crippen molar-refractivity contribution in [3.63, 3.8) is 0 Å². The molecule has 0 aliphatic carbocycles. The molecule has 0 bridgehead atoms. The van der Waals surface area contributed by atoms with Gasteiger partial charge in [-0.1, -0.05) is 35.6 Å². The van der Waals surface area contributed by atoms with Crippen molar-refractivity contribution in [1.82, 2.24) is 15.2 Å². The summed E-state index contributed by atoms with van der Waals surface area (Å²) in [4.78, 5) is 10.8. The standard InChI is InChI=1S/C20H19N5S2/c1-14-13-18(21-16-6-3-2-5-15(14)16)24-8-10-25(11-9-24)20-23-22-19(27-20)17-7-4-12-26-17/h2-7,12-13H,8-11H2,1H3. The molecular formula is C20H19N5S2. The monoisotopic (exact) mass is 393 g/mol. The molecule has 5 rings (SSSR count). The molecule has 1 aliphatic heterocycles. The highest BCUT2D eigenvalue weighted by molar-refractivity contribution is 7.22. The smallest absolute Gasteiger partial charge is 0.208 e. The van der Waals surface area contributed by atoms with Crippen molar-refractivity contribution in [2.45, 2.75) is 6.92 Å². The Kier molecular flexibility index (Phi) is 4.26. The fraction of sp³-hybridized carbons (Fsp3) is 0.250. The largest absolute Gasteiger partial charge is 0.353 e. The van der Waals surface area contributed by atoms with Crippen LogP contribution in [0.15, 0.2) is 47.8 Å². The van der Waals surface area contributed by atoms with Gasteiger partial charge in [0.15, 0.2) is 5.01 Å². The molecule has 0 N–H and O–H groups in total. The van der Waals surface area contributed by atoms with E-state index in [9.17, 15) is 0 Å². The van der Waals surface area contributed by atoms with Gasteiger partial charge in [0.05, 0.1) is 10.4 Å². The van der Waals surface area contributed by atoms with E-state index < -0.39 is 0 Å². The van der Waals surface area contributed by atoms with Crippen LogP contribution in [-0.4, -0.2) is 41.4 Å². The number of aryl methyl sites for hydroxylation is 1. The molecule has 4 aromatic rings. The zero-order chi connectivity index (χ0) is 18.2. The van der Waals surface area contributed by atoms with E-state index >= 15 is 0 Å². The van der Waals surface area contributed by atoms with Crippen LogP contribution in [0.1, 0.15) is 5.56 Å². The average Bonchev–Trinajstić information content (AvgIpc) is 3.40. The van der Waals surface area contributed by atoms with Crippen molar-refractivity contribution < 1.29 is 0 Å². The lowest BCUT2D eigenvalue weighted by atomic mass is 10.1. The van der Waals surface area contributed by atoms with E-state index in [2.05, 4.69) is 74.8 Å². The third-order valence-corrected chi connectivity index (χ3v) is 6.95. The van der Waals surface area contributed by atoms with E-state index in [0.29, 0.717) is 0 Å². The Morgan fingerprint density at radius 3 is 2.56 bits per heavy atom. The predicted octanol–water partition coefficient (Wildman–Crippen LogP) is 4.45. The number of benzene rings is 1. The summed E-state index contributed by atoms with van der Waals surface area (Å²) in [7, 11) is 0. The fourth-order valence-electron chi connectivity index (χ4n) is 3.46. The fourth-order valence-corrected chi connectivity index (χ4v) is 5.15. The van der Waals surface area contributed by atoms with E-state index in [0.717, 1.165) is 47.7 Å². The van der Waals surface area contributed by atoms with E-state index in [-0.39, 0.29) is 0 Å². The predicted molar refractivity (Wildman–Crippen MR) is 114 cm³/mol. The first-order valence-corrected chi connectivity index (χ1v) is 10.7. The van der Waals surface area contributed by atoms with Crippen LogP contribution in [0.5, 0.6) is 0 Å². The van der Waals surface area contributed by atoms with Gasteiger partial charge in [-0.15, -0.1) is 21.5 Å². The van der Waals surface area contributed by atoms with Gasteiger partial charge in [-0.05, 0) is 36.1 Å². The Bertz CT molecular complexity index is 1070. The highest BCUT2D eigenvalue weighted by Gasteiger charge is 2.22. The maximum atomic E-state index is 4.88. The molecule has 7 heteroatoms. The number of anilines is 2. The molecule has 1 aliphatic rings. The number of hydrogen-bond donors (Lipinski definition) is 0. The maximum absolute atomic E-state index is 4.88. The zero-order valence-electron chi connectivity index (χ0n) is 15.0. The summed E-state index contributed by atoms with van der Waals surface area (Å²) in [6, 6.07) is 14.7. The summed E-state index contributed by atoms with van der Waals surface area (Å²) in [6.07, 6.45) is 0. The summed E-state index contributed by atoms with van der Waals surface area (Å²) < 4.78 is 0. The molecule has 0 spiro atoms. The minimum absolute atomic E-state index is 0.937. The first kappa shape index (κ1) is 16.6. The van der Waals surface area contributed by atoms with Gasteiger partial charge >= 0.3 is 0 Å². The quantitative estimate of drug-likeness (QED) is 0.515. The third-order valence-electron chi connectivity index (χ3n) is 4.93. The lowest BCUT2D eigenvalue weighted by molar-refractivity contribution is 0.644. The molecule has 0 unspecified atom stereocenters. The highest BCUT2D eigenvalue weighted by atomic mass is 32.1. The van der Waals surface area contributed by atoms with Crippen LogP contribution in [0.3, 0.4) is 0 Å². The number of piperazine rings is 1. The number of hydrogen-bond acceptors (Lipinski definition) is 7. The Morgan fingerprint density at radius 1 is 0.926 bits per heavy atom. The lowest BCUT2D eigenvalue weighted by Gasteiger charge is -2.35. The molecule has 1 saturated heterocycles. The van der Waals surface area contributed by atoms with Gasteiger partial charge < -0.3 is 9.80 Å². The summed E-state index contributed by atoms with van der Waals surface area (Å²) >= 11 is 3.39. The van der Waals surface area contributed by atoms with Crippen LogP contribution in [0, 0.1) is 6.92 Å². The Morgan fingerprint density at radius 2 is 1.74 bits per heavy atom. The number of fused-ring (bicyclic) bond motifs is 1. The molecule has 0 amide bonds. The minimum Gasteiger partial charge on any atom is -0.353 e. The molecule has 27 heavy (non-hydrogen) atoms. The Hall–Kier alpha value is -2.51. The van der Waals surface area contributed by atoms with Crippen LogP contribution < -0.4 is 9.80 Å². The topological polar surface area (TPSA) is 45.2 Å². The van der Waals surface area contributed by atoms with Gasteiger partial charge in [0, 0.05) is 31.6 Å². The van der Waals surface area contributed by atoms with E-state index in [1.807, 2.05) is 0 Å². The van der Waals surface area contributed by atoms with Gasteiger partial charge in [-0.25, -0.2) is 4.98 Å². The first-order chi connectivity index (χ1) is 13.3. The molecular weight excluding hydrogens is 374 g/mol. The third kappa shape index (κ3) is 3.17. The van der Waals surface area contributed by atoms with Gasteiger partial charge in [0.2, 0.25) is 5.13 Å². The van der Waals surface area contributed by atoms with Crippen LogP contribution in [0.2, 0.25) is 0 Å². The minimum atomic E-state index is 0.937. The van der Waals surface area contributed by atoms with Crippen molar-refractivity contribution in [2.24, 2.45) is 0 Å². The van der Waals surface area contributed by atoms with Gasteiger partial charge in [-0.3, -0.25) is 0 Å². The summed E-state index contributed by atoms with van der Waals surface area (Å²) in [5.41, 5.74) is 2.35. The van der Waals surface area contributed by atoms with E-state index in [4.69, 9.17) is 4.98 Å². The maximum Gasteiger partial charge on any atom is 0.208 e. The second-order valence-corrected chi connectivity index (χ2v) is 8.56. The average molecular weight is 394 g/mol. The molecule has 4 heterocycles. The van der Waals surface area contributed by atoms with Crippen molar-refractivity contribution in [1.29, 1.82) is 0 Å². The molecule has 136 valence electrons. The Balaban J connectivity index is 1.32. The van der Waals surface area contributed by atoms with Gasteiger partial charge in [0.1, 0.15) is 5.82 Å². The van der Waals surface area contributed by atoms with Gasteiger partial charge in [-0.2, -0.15) is 0 Å². The SMILES string of the molecule is Cc1cc(N2CCN(c3nnc(-c4cccs4)s3)CC2)nc2ccccc12. The number of para-hydroxylation sites is 1. The van der Waals surface area contributed by atoms with E-state index in [1.54, 1.807) is 22.7 Å². The summed E-state index contributed by atoms with van der Waals surface area (Å²) in [6.45, 7) is 5.92. The molecule has 1 aromatic carbocycles. The molecule has 0 radical (unpaired) electrons. The number of pyridine rings is 1.